The van der Waals surface area contributed by atoms with Crippen LogP contribution in [0.5, 0.6) is 11.5 Å². The lowest BCUT2D eigenvalue weighted by atomic mass is 9.91. The number of fused-ring (bicyclic) bond motifs is 6. The molecule has 0 amide bonds. The Morgan fingerprint density at radius 2 is 1.88 bits per heavy atom. The van der Waals surface area contributed by atoms with Crippen LogP contribution < -0.4 is 15.0 Å². The molecular weight excluding hydrogens is 418 g/mol. The highest BCUT2D eigenvalue weighted by atomic mass is 19.3. The predicted octanol–water partition coefficient (Wildman–Crippen LogP) is 4.49. The summed E-state index contributed by atoms with van der Waals surface area (Å²) < 4.78 is 38.2. The highest BCUT2D eigenvalue weighted by Crippen LogP contribution is 2.47. The minimum Gasteiger partial charge on any atom is -0.395 e. The number of ether oxygens (including phenoxy) is 2. The zero-order valence-corrected chi connectivity index (χ0v) is 17.8. The number of carbonyl (C=O) groups is 1. The second-order valence-corrected chi connectivity index (χ2v) is 8.95. The van der Waals surface area contributed by atoms with Gasteiger partial charge < -0.3 is 14.0 Å². The molecule has 3 aromatic rings. The maximum atomic E-state index is 13.6. The van der Waals surface area contributed by atoms with Crippen molar-refractivity contribution < 1.29 is 23.0 Å². The molecule has 0 spiro atoms. The number of Topliss-reactive ketones (excluding diaryl/α,β-unsaturated/α-hetero) is 1. The number of hydrogen-bond acceptors (Lipinski definition) is 5. The van der Waals surface area contributed by atoms with Crippen molar-refractivity contribution in [2.75, 3.05) is 0 Å². The molecule has 0 radical (unpaired) electrons. The van der Waals surface area contributed by atoms with Crippen LogP contribution in [0, 0.1) is 0 Å². The molecule has 2 aliphatic heterocycles. The molecule has 6 nitrogen and oxygen atoms in total. The van der Waals surface area contributed by atoms with E-state index in [4.69, 9.17) is 4.98 Å². The maximum absolute atomic E-state index is 13.6. The molecule has 164 valence electrons. The number of halogens is 2. The van der Waals surface area contributed by atoms with E-state index in [1.165, 1.54) is 6.07 Å². The van der Waals surface area contributed by atoms with Crippen LogP contribution in [0.1, 0.15) is 61.3 Å². The summed E-state index contributed by atoms with van der Waals surface area (Å²) in [6.07, 6.45) is -2.89. The van der Waals surface area contributed by atoms with Crippen LogP contribution in [-0.2, 0) is 17.8 Å². The Balaban J connectivity index is 1.63. The number of rotatable bonds is 2. The molecule has 4 heterocycles. The highest BCUT2D eigenvalue weighted by Gasteiger charge is 2.44. The number of nitrogens with zero attached hydrogens (tertiary/aromatic N) is 2. The largest absolute Gasteiger partial charge is 0.586 e. The monoisotopic (exact) mass is 438 g/mol. The van der Waals surface area contributed by atoms with E-state index < -0.39 is 6.29 Å². The van der Waals surface area contributed by atoms with Gasteiger partial charge in [-0.25, -0.2) is 4.98 Å². The normalized spacial score (nSPS) is 19.6. The molecule has 8 heteroatoms. The van der Waals surface area contributed by atoms with Gasteiger partial charge in [0.05, 0.1) is 23.4 Å². The third-order valence-corrected chi connectivity index (χ3v) is 6.75. The van der Waals surface area contributed by atoms with Gasteiger partial charge in [0.1, 0.15) is 5.78 Å². The first-order valence-electron chi connectivity index (χ1n) is 10.7. The van der Waals surface area contributed by atoms with Gasteiger partial charge in [-0.2, -0.15) is 0 Å². The first-order valence-corrected chi connectivity index (χ1v) is 10.7. The number of carbonyl (C=O) groups excluding carboxylic acids is 1. The lowest BCUT2D eigenvalue weighted by Gasteiger charge is -2.15. The lowest BCUT2D eigenvalue weighted by Crippen LogP contribution is -2.25. The summed E-state index contributed by atoms with van der Waals surface area (Å²) in [7, 11) is 0. The minimum absolute atomic E-state index is 0.0258. The van der Waals surface area contributed by atoms with Crippen molar-refractivity contribution in [3.63, 3.8) is 0 Å². The van der Waals surface area contributed by atoms with E-state index in [9.17, 15) is 18.4 Å². The van der Waals surface area contributed by atoms with Crippen LogP contribution in [-0.4, -0.2) is 21.6 Å². The van der Waals surface area contributed by atoms with Gasteiger partial charge >= 0.3 is 6.29 Å². The molecule has 1 aromatic carbocycles. The number of hydrogen-bond donors (Lipinski definition) is 0. The van der Waals surface area contributed by atoms with Crippen molar-refractivity contribution in [1.82, 2.24) is 9.55 Å². The number of pyridine rings is 2. The van der Waals surface area contributed by atoms with Crippen LogP contribution >= 0.6 is 0 Å². The average molecular weight is 438 g/mol. The molecule has 3 aliphatic rings. The topological polar surface area (TPSA) is 70.4 Å². The molecule has 1 aliphatic carbocycles. The average Bonchev–Trinajstić information content (AvgIpc) is 3.33. The van der Waals surface area contributed by atoms with Crippen LogP contribution in [0.3, 0.4) is 0 Å². The van der Waals surface area contributed by atoms with Crippen molar-refractivity contribution in [3.05, 3.63) is 50.8 Å². The van der Waals surface area contributed by atoms with Crippen molar-refractivity contribution in [2.45, 2.75) is 58.3 Å². The van der Waals surface area contributed by atoms with Gasteiger partial charge in [0.25, 0.3) is 5.56 Å². The van der Waals surface area contributed by atoms with E-state index in [1.54, 1.807) is 10.6 Å². The number of alkyl halides is 2. The first-order chi connectivity index (χ1) is 15.2. The molecule has 0 saturated heterocycles. The van der Waals surface area contributed by atoms with Crippen LogP contribution in [0.2, 0.25) is 0 Å². The Kier molecular flexibility index (Phi) is 3.73. The van der Waals surface area contributed by atoms with Gasteiger partial charge in [0.2, 0.25) is 0 Å². The molecule has 2 aromatic heterocycles. The van der Waals surface area contributed by atoms with E-state index in [0.717, 1.165) is 16.7 Å². The summed E-state index contributed by atoms with van der Waals surface area (Å²) >= 11 is 0. The standard InChI is InChI=1S/C24H20F2N2O4/c1-4-11-12-5-17-22-15(9-28(17)23(30)13(12)6-18(11)29)21(10(2)3)14-7-19-20(8-16(14)27-22)32-24(25,26)31-19/h5,7-8,10-11H,4,6,9H2,1-3H3. The molecule has 32 heavy (non-hydrogen) atoms. The maximum Gasteiger partial charge on any atom is 0.586 e. The summed E-state index contributed by atoms with van der Waals surface area (Å²) in [6, 6.07) is 4.93. The van der Waals surface area contributed by atoms with E-state index in [-0.39, 0.29) is 41.1 Å². The van der Waals surface area contributed by atoms with Gasteiger partial charge in [-0.3, -0.25) is 9.59 Å². The fraction of sp³-hybridized carbons (Fsp3) is 0.375. The number of benzene rings is 1. The van der Waals surface area contributed by atoms with E-state index in [0.29, 0.717) is 40.8 Å². The third kappa shape index (κ3) is 2.46. The quantitative estimate of drug-likeness (QED) is 0.461. The minimum atomic E-state index is -3.71. The molecule has 0 fully saturated rings. The van der Waals surface area contributed by atoms with Gasteiger partial charge in [0.15, 0.2) is 11.5 Å². The molecule has 6 rings (SSSR count). The van der Waals surface area contributed by atoms with Gasteiger partial charge in [-0.15, -0.1) is 8.78 Å². The molecule has 0 bridgehead atoms. The zero-order valence-electron chi connectivity index (χ0n) is 17.8. The summed E-state index contributed by atoms with van der Waals surface area (Å²) in [6.45, 7) is 6.32. The Bertz CT molecular complexity index is 1420. The number of aromatic nitrogens is 2. The van der Waals surface area contributed by atoms with Crippen molar-refractivity contribution in [1.29, 1.82) is 0 Å². The van der Waals surface area contributed by atoms with Gasteiger partial charge in [-0.1, -0.05) is 20.8 Å². The number of ketones is 1. The second kappa shape index (κ2) is 6.15. The zero-order chi connectivity index (χ0) is 22.5. The summed E-state index contributed by atoms with van der Waals surface area (Å²) in [5.41, 5.74) is 4.89. The van der Waals surface area contributed by atoms with E-state index in [2.05, 4.69) is 9.47 Å². The fourth-order valence-corrected chi connectivity index (χ4v) is 5.43. The predicted molar refractivity (Wildman–Crippen MR) is 113 cm³/mol. The van der Waals surface area contributed by atoms with E-state index in [1.807, 2.05) is 26.8 Å². The first kappa shape index (κ1) is 19.4. The molecule has 0 N–H and O–H groups in total. The molecule has 1 atom stereocenters. The third-order valence-electron chi connectivity index (χ3n) is 6.75. The highest BCUT2D eigenvalue weighted by molar-refractivity contribution is 5.94. The van der Waals surface area contributed by atoms with Crippen LogP contribution in [0.25, 0.3) is 22.3 Å². The van der Waals surface area contributed by atoms with Gasteiger partial charge in [0, 0.05) is 34.9 Å². The molecular formula is C24H20F2N2O4. The lowest BCUT2D eigenvalue weighted by molar-refractivity contribution is -0.286. The molecule has 1 unspecified atom stereocenters. The summed E-state index contributed by atoms with van der Waals surface area (Å²) in [5.74, 6) is -0.231. The van der Waals surface area contributed by atoms with Crippen molar-refractivity contribution >= 4 is 16.7 Å². The fourth-order valence-electron chi connectivity index (χ4n) is 5.43. The van der Waals surface area contributed by atoms with Crippen LogP contribution in [0.4, 0.5) is 8.78 Å². The Hall–Kier alpha value is -3.29. The SMILES string of the molecule is CCC1C(=O)Cc2c1cc1n(c2=O)Cc2c-1nc1cc3c(cc1c2C(C)C)OC(F)(F)O3. The van der Waals surface area contributed by atoms with Gasteiger partial charge in [-0.05, 0) is 35.6 Å². The Morgan fingerprint density at radius 3 is 2.56 bits per heavy atom. The Morgan fingerprint density at radius 1 is 1.16 bits per heavy atom. The summed E-state index contributed by atoms with van der Waals surface area (Å²) in [4.78, 5) is 30.5. The van der Waals surface area contributed by atoms with Crippen molar-refractivity contribution in [3.8, 4) is 22.9 Å². The summed E-state index contributed by atoms with van der Waals surface area (Å²) in [5, 5.41) is 0.703. The van der Waals surface area contributed by atoms with Crippen LogP contribution in [0.15, 0.2) is 23.0 Å². The second-order valence-electron chi connectivity index (χ2n) is 8.95. The smallest absolute Gasteiger partial charge is 0.395 e. The Labute approximate surface area is 181 Å². The van der Waals surface area contributed by atoms with Crippen molar-refractivity contribution in [2.24, 2.45) is 0 Å². The molecule has 0 saturated carbocycles. The van der Waals surface area contributed by atoms with E-state index >= 15 is 0 Å².